The highest BCUT2D eigenvalue weighted by Crippen LogP contribution is 2.22. The molecule has 3 nitrogen and oxygen atoms in total. The van der Waals surface area contributed by atoms with Crippen LogP contribution in [0.25, 0.3) is 0 Å². The fourth-order valence-electron chi connectivity index (χ4n) is 1.08. The summed E-state index contributed by atoms with van der Waals surface area (Å²) in [5.74, 6) is -0.273. The monoisotopic (exact) mass is 197 g/mol. The van der Waals surface area contributed by atoms with Gasteiger partial charge in [-0.1, -0.05) is 6.07 Å². The van der Waals surface area contributed by atoms with E-state index in [1.165, 1.54) is 11.3 Å². The number of nitrogens with one attached hydrogen (secondary N) is 1. The van der Waals surface area contributed by atoms with Gasteiger partial charge < -0.3 is 10.4 Å². The number of aliphatic hydroxyl groups is 1. The summed E-state index contributed by atoms with van der Waals surface area (Å²) in [5.41, 5.74) is 0. The molecule has 1 fully saturated rings. The Morgan fingerprint density at radius 2 is 2.46 bits per heavy atom. The van der Waals surface area contributed by atoms with E-state index in [0.717, 1.165) is 12.8 Å². The number of hydrogen-bond acceptors (Lipinski definition) is 3. The summed E-state index contributed by atoms with van der Waals surface area (Å²) in [6.07, 6.45) is 1.10. The number of rotatable bonds is 3. The molecular weight excluding hydrogens is 186 g/mol. The fourth-order valence-corrected chi connectivity index (χ4v) is 1.79. The molecule has 2 N–H and O–H groups in total. The van der Waals surface area contributed by atoms with Crippen molar-refractivity contribution in [3.63, 3.8) is 0 Å². The number of carbonyl (C=O) groups is 1. The molecule has 1 amide bonds. The molecule has 0 saturated heterocycles. The number of carbonyl (C=O) groups excluding carboxylic acids is 1. The Morgan fingerprint density at radius 3 is 3.00 bits per heavy atom. The summed E-state index contributed by atoms with van der Waals surface area (Å²) in [6, 6.07) is 3.90. The van der Waals surface area contributed by atoms with Gasteiger partial charge in [-0.25, -0.2) is 0 Å². The second-order valence-electron chi connectivity index (χ2n) is 3.20. The van der Waals surface area contributed by atoms with E-state index >= 15 is 0 Å². The van der Waals surface area contributed by atoms with Crippen LogP contribution in [0.15, 0.2) is 17.5 Å². The molecule has 70 valence electrons. The average Bonchev–Trinajstić information content (AvgIpc) is 2.78. The summed E-state index contributed by atoms with van der Waals surface area (Å²) in [5, 5.41) is 14.2. The molecule has 13 heavy (non-hydrogen) atoms. The molecule has 1 aliphatic carbocycles. The minimum Gasteiger partial charge on any atom is -0.378 e. The van der Waals surface area contributed by atoms with Crippen LogP contribution in [0.4, 0.5) is 0 Å². The van der Waals surface area contributed by atoms with Gasteiger partial charge in [0, 0.05) is 10.9 Å². The predicted octanol–water partition coefficient (Wildman–Crippen LogP) is 1.06. The van der Waals surface area contributed by atoms with Crippen LogP contribution in [0.2, 0.25) is 0 Å². The quantitative estimate of drug-likeness (QED) is 0.761. The highest BCUT2D eigenvalue weighted by atomic mass is 32.1. The van der Waals surface area contributed by atoms with Crippen LogP contribution >= 0.6 is 11.3 Å². The van der Waals surface area contributed by atoms with Crippen molar-refractivity contribution in [3.05, 3.63) is 22.4 Å². The molecule has 1 saturated carbocycles. The maximum absolute atomic E-state index is 11.3. The second-order valence-corrected chi connectivity index (χ2v) is 4.18. The Bertz CT molecular complexity index is 293. The maximum Gasteiger partial charge on any atom is 0.254 e. The van der Waals surface area contributed by atoms with Gasteiger partial charge in [0.2, 0.25) is 0 Å². The van der Waals surface area contributed by atoms with Gasteiger partial charge in [0.05, 0.1) is 0 Å². The summed E-state index contributed by atoms with van der Waals surface area (Å²) < 4.78 is 0. The van der Waals surface area contributed by atoms with Crippen molar-refractivity contribution in [1.29, 1.82) is 0 Å². The molecule has 0 bridgehead atoms. The third-order valence-electron chi connectivity index (χ3n) is 1.98. The van der Waals surface area contributed by atoms with Gasteiger partial charge in [0.25, 0.3) is 5.91 Å². The number of amides is 1. The minimum absolute atomic E-state index is 0.273. The van der Waals surface area contributed by atoms with Gasteiger partial charge in [-0.05, 0) is 24.3 Å². The van der Waals surface area contributed by atoms with Crippen LogP contribution in [0.5, 0.6) is 0 Å². The predicted molar refractivity (Wildman–Crippen MR) is 50.4 cm³/mol. The van der Waals surface area contributed by atoms with Crippen LogP contribution in [0, 0.1) is 0 Å². The van der Waals surface area contributed by atoms with Crippen LogP contribution in [-0.2, 0) is 4.79 Å². The van der Waals surface area contributed by atoms with Crippen molar-refractivity contribution in [2.45, 2.75) is 25.0 Å². The molecule has 0 radical (unpaired) electrons. The molecule has 0 spiro atoms. The topological polar surface area (TPSA) is 49.3 Å². The van der Waals surface area contributed by atoms with Gasteiger partial charge in [0.15, 0.2) is 6.10 Å². The second kappa shape index (κ2) is 3.47. The molecule has 4 heteroatoms. The van der Waals surface area contributed by atoms with Gasteiger partial charge in [0.1, 0.15) is 0 Å². The summed E-state index contributed by atoms with van der Waals surface area (Å²) in [7, 11) is 0. The number of thiophene rings is 1. The van der Waals surface area contributed by atoms with E-state index in [9.17, 15) is 9.90 Å². The van der Waals surface area contributed by atoms with E-state index in [2.05, 4.69) is 5.32 Å². The molecule has 1 aromatic heterocycles. The van der Waals surface area contributed by atoms with Gasteiger partial charge in [-0.15, -0.1) is 11.3 Å². The molecule has 2 rings (SSSR count). The molecule has 1 atom stereocenters. The zero-order valence-electron chi connectivity index (χ0n) is 7.06. The van der Waals surface area contributed by atoms with Crippen molar-refractivity contribution in [1.82, 2.24) is 5.32 Å². The number of aliphatic hydroxyl groups excluding tert-OH is 1. The summed E-state index contributed by atoms with van der Waals surface area (Å²) >= 11 is 1.40. The van der Waals surface area contributed by atoms with E-state index in [1.807, 2.05) is 11.4 Å². The van der Waals surface area contributed by atoms with Crippen molar-refractivity contribution in [2.24, 2.45) is 0 Å². The molecule has 0 aromatic carbocycles. The first-order chi connectivity index (χ1) is 6.27. The van der Waals surface area contributed by atoms with Crippen molar-refractivity contribution in [2.75, 3.05) is 0 Å². The van der Waals surface area contributed by atoms with Crippen LogP contribution < -0.4 is 5.32 Å². The van der Waals surface area contributed by atoms with Crippen LogP contribution in [0.1, 0.15) is 23.8 Å². The van der Waals surface area contributed by atoms with Crippen molar-refractivity contribution < 1.29 is 9.90 Å². The minimum atomic E-state index is -0.986. The molecule has 1 aromatic rings. The molecule has 1 unspecified atom stereocenters. The fraction of sp³-hybridized carbons (Fsp3) is 0.444. The van der Waals surface area contributed by atoms with Crippen LogP contribution in [-0.4, -0.2) is 17.1 Å². The van der Waals surface area contributed by atoms with Gasteiger partial charge >= 0.3 is 0 Å². The first kappa shape index (κ1) is 8.72. The van der Waals surface area contributed by atoms with E-state index < -0.39 is 6.10 Å². The lowest BCUT2D eigenvalue weighted by Crippen LogP contribution is -2.30. The maximum atomic E-state index is 11.3. The van der Waals surface area contributed by atoms with Crippen LogP contribution in [0.3, 0.4) is 0 Å². The lowest BCUT2D eigenvalue weighted by molar-refractivity contribution is -0.129. The highest BCUT2D eigenvalue weighted by molar-refractivity contribution is 7.10. The van der Waals surface area contributed by atoms with E-state index in [0.29, 0.717) is 10.9 Å². The Hall–Kier alpha value is -0.870. The number of hydrogen-bond donors (Lipinski definition) is 2. The smallest absolute Gasteiger partial charge is 0.254 e. The van der Waals surface area contributed by atoms with E-state index in [1.54, 1.807) is 6.07 Å². The average molecular weight is 197 g/mol. The Morgan fingerprint density at radius 1 is 1.69 bits per heavy atom. The Kier molecular flexibility index (Phi) is 2.33. The standard InChI is InChI=1S/C9H11NO2S/c11-8(7-2-1-5-13-7)9(12)10-6-3-4-6/h1-2,5-6,8,11H,3-4H2,(H,10,12). The molecule has 1 heterocycles. The third kappa shape index (κ3) is 2.08. The highest BCUT2D eigenvalue weighted by Gasteiger charge is 2.27. The first-order valence-electron chi connectivity index (χ1n) is 4.29. The van der Waals surface area contributed by atoms with Gasteiger partial charge in [-0.2, -0.15) is 0 Å². The summed E-state index contributed by atoms with van der Waals surface area (Å²) in [6.45, 7) is 0. The van der Waals surface area contributed by atoms with Crippen molar-refractivity contribution in [3.8, 4) is 0 Å². The molecule has 1 aliphatic rings. The SMILES string of the molecule is O=C(NC1CC1)C(O)c1cccs1. The zero-order chi connectivity index (χ0) is 9.26. The summed E-state index contributed by atoms with van der Waals surface area (Å²) in [4.78, 5) is 12.0. The normalized spacial score (nSPS) is 18.2. The third-order valence-corrected chi connectivity index (χ3v) is 2.91. The van der Waals surface area contributed by atoms with Gasteiger partial charge in [-0.3, -0.25) is 4.79 Å². The first-order valence-corrected chi connectivity index (χ1v) is 5.17. The molecular formula is C9H11NO2S. The van der Waals surface area contributed by atoms with E-state index in [-0.39, 0.29) is 5.91 Å². The molecule has 0 aliphatic heterocycles. The largest absolute Gasteiger partial charge is 0.378 e. The zero-order valence-corrected chi connectivity index (χ0v) is 7.88. The van der Waals surface area contributed by atoms with E-state index in [4.69, 9.17) is 0 Å². The Labute approximate surface area is 80.4 Å². The Balaban J connectivity index is 1.95. The lowest BCUT2D eigenvalue weighted by Gasteiger charge is -2.08. The van der Waals surface area contributed by atoms with Crippen molar-refractivity contribution >= 4 is 17.2 Å². The lowest BCUT2D eigenvalue weighted by atomic mass is 10.3.